The van der Waals surface area contributed by atoms with Gasteiger partial charge in [0.2, 0.25) is 0 Å². The monoisotopic (exact) mass is 454 g/mol. The number of nitrogens with zero attached hydrogens (tertiary/aromatic N) is 3. The second-order valence-corrected chi connectivity index (χ2v) is 8.47. The van der Waals surface area contributed by atoms with Gasteiger partial charge in [0.15, 0.2) is 11.6 Å². The van der Waals surface area contributed by atoms with Crippen molar-refractivity contribution in [3.63, 3.8) is 0 Å². The van der Waals surface area contributed by atoms with Gasteiger partial charge in [-0.25, -0.2) is 14.8 Å². The Kier molecular flexibility index (Phi) is 8.11. The average Bonchev–Trinajstić information content (AvgIpc) is 2.78. The second-order valence-electron chi connectivity index (χ2n) is 8.47. The summed E-state index contributed by atoms with van der Waals surface area (Å²) in [4.78, 5) is 32.9. The van der Waals surface area contributed by atoms with Crippen LogP contribution >= 0.6 is 0 Å². The van der Waals surface area contributed by atoms with Crippen molar-refractivity contribution >= 4 is 23.5 Å². The fraction of sp³-hybridized carbons (Fsp3) is 0.458. The Morgan fingerprint density at radius 3 is 2.67 bits per heavy atom. The highest BCUT2D eigenvalue weighted by Gasteiger charge is 2.30. The molecule has 0 bridgehead atoms. The number of aromatic nitrogens is 2. The first-order valence-electron chi connectivity index (χ1n) is 11.1. The van der Waals surface area contributed by atoms with Gasteiger partial charge < -0.3 is 14.6 Å². The number of esters is 1. The number of fused-ring (bicyclic) bond motifs is 1. The molecule has 3 rings (SSSR count). The lowest BCUT2D eigenvalue weighted by atomic mass is 9.96. The van der Waals surface area contributed by atoms with E-state index >= 15 is 0 Å². The van der Waals surface area contributed by atoms with E-state index in [4.69, 9.17) is 19.6 Å². The predicted molar refractivity (Wildman–Crippen MR) is 124 cm³/mol. The molecule has 0 fully saturated rings. The molecule has 0 saturated heterocycles. The van der Waals surface area contributed by atoms with Gasteiger partial charge in [-0.05, 0) is 20.3 Å². The third-order valence-corrected chi connectivity index (χ3v) is 5.16. The zero-order valence-corrected chi connectivity index (χ0v) is 19.3. The van der Waals surface area contributed by atoms with Crippen molar-refractivity contribution in [3.05, 3.63) is 41.6 Å². The highest BCUT2D eigenvalue weighted by Crippen LogP contribution is 2.32. The molecule has 0 amide bonds. The molecule has 2 heterocycles. The van der Waals surface area contributed by atoms with E-state index < -0.39 is 11.9 Å². The summed E-state index contributed by atoms with van der Waals surface area (Å²) in [5.74, 6) is -0.711. The van der Waals surface area contributed by atoms with E-state index in [9.17, 15) is 9.59 Å². The van der Waals surface area contributed by atoms with Crippen LogP contribution < -0.4 is 5.43 Å². The van der Waals surface area contributed by atoms with Crippen LogP contribution in [0, 0.1) is 0 Å². The van der Waals surface area contributed by atoms with Gasteiger partial charge in [0.05, 0.1) is 30.9 Å². The maximum absolute atomic E-state index is 12.5. The summed E-state index contributed by atoms with van der Waals surface area (Å²) in [6.07, 6.45) is 1.89. The Morgan fingerprint density at radius 2 is 1.97 bits per heavy atom. The average molecular weight is 455 g/mol. The molecule has 9 heteroatoms. The molecule has 1 aromatic heterocycles. The lowest BCUT2D eigenvalue weighted by Crippen LogP contribution is -2.33. The van der Waals surface area contributed by atoms with E-state index in [-0.39, 0.29) is 30.8 Å². The standard InChI is InChI=1S/C24H30N4O5/c1-4-5-13-32-23(31)18(11-12-20(29)30)27-28-22-17-15-33-24(2,3)14-19(17)25-21(26-22)16-9-7-6-8-10-16/h6-10H,4-5,11-15H2,1-3H3,(H,29,30)(H,25,26,28)/b27-18+. The van der Waals surface area contributed by atoms with Crippen LogP contribution in [0.4, 0.5) is 5.82 Å². The minimum atomic E-state index is -1.02. The molecule has 2 N–H and O–H groups in total. The minimum absolute atomic E-state index is 0.000755. The summed E-state index contributed by atoms with van der Waals surface area (Å²) in [7, 11) is 0. The quantitative estimate of drug-likeness (QED) is 0.239. The van der Waals surface area contributed by atoms with Crippen LogP contribution in [-0.4, -0.2) is 44.9 Å². The van der Waals surface area contributed by atoms with Crippen LogP contribution in [0.25, 0.3) is 11.4 Å². The molecule has 33 heavy (non-hydrogen) atoms. The van der Waals surface area contributed by atoms with Crippen LogP contribution in [0.3, 0.4) is 0 Å². The van der Waals surface area contributed by atoms with Crippen LogP contribution in [0.15, 0.2) is 35.4 Å². The highest BCUT2D eigenvalue weighted by atomic mass is 16.5. The van der Waals surface area contributed by atoms with Gasteiger partial charge in [-0.1, -0.05) is 43.7 Å². The van der Waals surface area contributed by atoms with Crippen molar-refractivity contribution in [2.75, 3.05) is 12.0 Å². The first kappa shape index (κ1) is 24.3. The molecule has 9 nitrogen and oxygen atoms in total. The van der Waals surface area contributed by atoms with E-state index in [2.05, 4.69) is 15.5 Å². The Balaban J connectivity index is 1.94. The largest absolute Gasteiger partial charge is 0.481 e. The Bertz CT molecular complexity index is 1020. The minimum Gasteiger partial charge on any atom is -0.481 e. The molecule has 0 spiro atoms. The SMILES string of the molecule is CCCCOC(=O)/C(CCC(=O)O)=N/Nc1nc(-c2ccccc2)nc2c1COC(C)(C)C2. The number of hydrazone groups is 1. The Hall–Kier alpha value is -3.33. The highest BCUT2D eigenvalue weighted by molar-refractivity contribution is 6.36. The lowest BCUT2D eigenvalue weighted by Gasteiger charge is -2.31. The summed E-state index contributed by atoms with van der Waals surface area (Å²) in [5, 5.41) is 13.3. The van der Waals surface area contributed by atoms with Crippen molar-refractivity contribution in [2.24, 2.45) is 5.10 Å². The van der Waals surface area contributed by atoms with Crippen molar-refractivity contribution in [1.29, 1.82) is 0 Å². The van der Waals surface area contributed by atoms with Gasteiger partial charge in [0.25, 0.3) is 0 Å². The fourth-order valence-corrected chi connectivity index (χ4v) is 3.30. The molecule has 0 aliphatic carbocycles. The van der Waals surface area contributed by atoms with Gasteiger partial charge in [-0.2, -0.15) is 5.10 Å². The Labute approximate surface area is 193 Å². The van der Waals surface area contributed by atoms with Crippen LogP contribution in [-0.2, 0) is 32.1 Å². The smallest absolute Gasteiger partial charge is 0.354 e. The number of carboxylic acid groups (broad SMARTS) is 1. The van der Waals surface area contributed by atoms with Gasteiger partial charge in [0, 0.05) is 24.0 Å². The van der Waals surface area contributed by atoms with Gasteiger partial charge in [0.1, 0.15) is 5.71 Å². The Morgan fingerprint density at radius 1 is 1.21 bits per heavy atom. The normalized spacial score (nSPS) is 14.9. The molecule has 1 aromatic carbocycles. The van der Waals surface area contributed by atoms with Gasteiger partial charge >= 0.3 is 11.9 Å². The maximum Gasteiger partial charge on any atom is 0.354 e. The molecule has 176 valence electrons. The van der Waals surface area contributed by atoms with Crippen LogP contribution in [0.5, 0.6) is 0 Å². The number of nitrogens with one attached hydrogen (secondary N) is 1. The first-order chi connectivity index (χ1) is 15.8. The van der Waals surface area contributed by atoms with E-state index in [1.54, 1.807) is 0 Å². The molecule has 1 aliphatic heterocycles. The molecule has 0 atom stereocenters. The van der Waals surface area contributed by atoms with E-state index in [1.165, 1.54) is 0 Å². The van der Waals surface area contributed by atoms with Crippen molar-refractivity contribution in [3.8, 4) is 11.4 Å². The number of hydrogen-bond donors (Lipinski definition) is 2. The number of hydrogen-bond acceptors (Lipinski definition) is 8. The zero-order chi connectivity index (χ0) is 23.8. The molecule has 0 saturated carbocycles. The fourth-order valence-electron chi connectivity index (χ4n) is 3.30. The number of rotatable bonds is 10. The maximum atomic E-state index is 12.5. The number of anilines is 1. The number of benzene rings is 1. The molecular weight excluding hydrogens is 424 g/mol. The van der Waals surface area contributed by atoms with Crippen LogP contribution in [0.1, 0.15) is 57.7 Å². The number of carbonyl (C=O) groups is 2. The summed E-state index contributed by atoms with van der Waals surface area (Å²) in [6, 6.07) is 9.58. The van der Waals surface area contributed by atoms with Crippen molar-refractivity contribution in [2.45, 2.75) is 65.1 Å². The third kappa shape index (κ3) is 6.82. The zero-order valence-electron chi connectivity index (χ0n) is 19.3. The van der Waals surface area contributed by atoms with Crippen LogP contribution in [0.2, 0.25) is 0 Å². The second kappa shape index (κ2) is 11.0. The first-order valence-corrected chi connectivity index (χ1v) is 11.1. The summed E-state index contributed by atoms with van der Waals surface area (Å²) in [5.41, 5.74) is 4.95. The van der Waals surface area contributed by atoms with E-state index in [0.29, 0.717) is 24.7 Å². The van der Waals surface area contributed by atoms with Crippen molar-refractivity contribution < 1.29 is 24.2 Å². The van der Waals surface area contributed by atoms with Crippen molar-refractivity contribution in [1.82, 2.24) is 9.97 Å². The number of ether oxygens (including phenoxy) is 2. The number of aliphatic carboxylic acids is 1. The van der Waals surface area contributed by atoms with Gasteiger partial charge in [-0.3, -0.25) is 10.2 Å². The molecular formula is C24H30N4O5. The third-order valence-electron chi connectivity index (χ3n) is 5.16. The molecule has 2 aromatic rings. The number of carbonyl (C=O) groups excluding carboxylic acids is 1. The molecule has 0 unspecified atom stereocenters. The number of unbranched alkanes of at least 4 members (excludes halogenated alkanes) is 1. The lowest BCUT2D eigenvalue weighted by molar-refractivity contribution is -0.136. The van der Waals surface area contributed by atoms with E-state index in [0.717, 1.165) is 29.7 Å². The number of carboxylic acids is 1. The topological polar surface area (TPSA) is 123 Å². The predicted octanol–water partition coefficient (Wildman–Crippen LogP) is 3.97. The molecule has 1 aliphatic rings. The summed E-state index contributed by atoms with van der Waals surface area (Å²) in [6.45, 7) is 6.54. The van der Waals surface area contributed by atoms with E-state index in [1.807, 2.05) is 51.1 Å². The summed E-state index contributed by atoms with van der Waals surface area (Å²) >= 11 is 0. The molecule has 0 radical (unpaired) electrons. The summed E-state index contributed by atoms with van der Waals surface area (Å²) < 4.78 is 11.2. The van der Waals surface area contributed by atoms with Gasteiger partial charge in [-0.15, -0.1) is 0 Å².